The highest BCUT2D eigenvalue weighted by Gasteiger charge is 2.28. The Hall–Kier alpha value is -1.38. The fourth-order valence-corrected chi connectivity index (χ4v) is 2.04. The van der Waals surface area contributed by atoms with Gasteiger partial charge in [-0.1, -0.05) is 27.7 Å². The summed E-state index contributed by atoms with van der Waals surface area (Å²) in [6.45, 7) is 9.78. The predicted octanol–water partition coefficient (Wildman–Crippen LogP) is 4.95. The second-order valence-electron chi connectivity index (χ2n) is 4.39. The molecule has 1 aromatic carbocycles. The molecule has 0 unspecified atom stereocenters. The molecule has 2 nitrogen and oxygen atoms in total. The maximum Gasteiger partial charge on any atom is 0.128 e. The molecule has 1 fully saturated rings. The van der Waals surface area contributed by atoms with Crippen molar-refractivity contribution < 1.29 is 4.39 Å². The third-order valence-corrected chi connectivity index (χ3v) is 3.14. The lowest BCUT2D eigenvalue weighted by Gasteiger charge is -2.00. The Morgan fingerprint density at radius 3 is 2.26 bits per heavy atom. The minimum Gasteiger partial charge on any atom is -0.331 e. The van der Waals surface area contributed by atoms with Crippen LogP contribution in [0.1, 0.15) is 57.8 Å². The quantitative estimate of drug-likeness (QED) is 0.712. The van der Waals surface area contributed by atoms with Gasteiger partial charge in [0.25, 0.3) is 0 Å². The molecular formula is C16H25FN2. The molecule has 0 bridgehead atoms. The lowest BCUT2D eigenvalue weighted by Crippen LogP contribution is -1.95. The Kier molecular flexibility index (Phi) is 5.52. The SMILES string of the molecule is CC.CC.Cc1cc2nc(C3CC3)n(C)c2cc1F. The molecule has 1 aliphatic rings. The summed E-state index contributed by atoms with van der Waals surface area (Å²) in [5.41, 5.74) is 2.49. The average Bonchev–Trinajstić information content (AvgIpc) is 3.23. The third kappa shape index (κ3) is 3.14. The van der Waals surface area contributed by atoms with Crippen molar-refractivity contribution in [1.29, 1.82) is 0 Å². The van der Waals surface area contributed by atoms with Crippen molar-refractivity contribution >= 4 is 11.0 Å². The smallest absolute Gasteiger partial charge is 0.128 e. The average molecular weight is 264 g/mol. The van der Waals surface area contributed by atoms with Crippen molar-refractivity contribution in [3.63, 3.8) is 0 Å². The summed E-state index contributed by atoms with van der Waals surface area (Å²) in [4.78, 5) is 4.57. The Balaban J connectivity index is 0.000000415. The molecule has 0 amide bonds. The molecule has 1 aromatic heterocycles. The van der Waals surface area contributed by atoms with Crippen LogP contribution in [0.3, 0.4) is 0 Å². The van der Waals surface area contributed by atoms with Gasteiger partial charge in [-0.2, -0.15) is 0 Å². The second-order valence-corrected chi connectivity index (χ2v) is 4.39. The van der Waals surface area contributed by atoms with Crippen molar-refractivity contribution in [3.05, 3.63) is 29.3 Å². The van der Waals surface area contributed by atoms with E-state index < -0.39 is 0 Å². The molecule has 0 radical (unpaired) electrons. The largest absolute Gasteiger partial charge is 0.331 e. The minimum absolute atomic E-state index is 0.146. The fourth-order valence-electron chi connectivity index (χ4n) is 2.04. The van der Waals surface area contributed by atoms with Gasteiger partial charge < -0.3 is 4.57 Å². The van der Waals surface area contributed by atoms with Gasteiger partial charge in [0.05, 0.1) is 11.0 Å². The monoisotopic (exact) mass is 264 g/mol. The number of imidazole rings is 1. The van der Waals surface area contributed by atoms with Crippen LogP contribution in [0.4, 0.5) is 4.39 Å². The van der Waals surface area contributed by atoms with Crippen LogP contribution in [0.2, 0.25) is 0 Å². The molecule has 3 heteroatoms. The first-order chi connectivity index (χ1) is 9.16. The van der Waals surface area contributed by atoms with E-state index >= 15 is 0 Å². The van der Waals surface area contributed by atoms with Crippen LogP contribution in [0, 0.1) is 12.7 Å². The summed E-state index contributed by atoms with van der Waals surface area (Å²) < 4.78 is 15.4. The van der Waals surface area contributed by atoms with Crippen LogP contribution in [-0.4, -0.2) is 9.55 Å². The lowest BCUT2D eigenvalue weighted by molar-refractivity contribution is 0.619. The topological polar surface area (TPSA) is 17.8 Å². The fraction of sp³-hybridized carbons (Fsp3) is 0.562. The zero-order valence-corrected chi connectivity index (χ0v) is 12.9. The zero-order chi connectivity index (χ0) is 14.6. The molecule has 106 valence electrons. The van der Waals surface area contributed by atoms with E-state index in [9.17, 15) is 4.39 Å². The number of halogens is 1. The maximum absolute atomic E-state index is 13.4. The molecule has 0 N–H and O–H groups in total. The van der Waals surface area contributed by atoms with Gasteiger partial charge in [0.15, 0.2) is 0 Å². The summed E-state index contributed by atoms with van der Waals surface area (Å²) in [7, 11) is 1.97. The number of nitrogens with zero attached hydrogens (tertiary/aromatic N) is 2. The van der Waals surface area contributed by atoms with Crippen molar-refractivity contribution in [2.45, 2.75) is 53.4 Å². The second kappa shape index (κ2) is 6.69. The molecule has 0 saturated heterocycles. The van der Waals surface area contributed by atoms with E-state index in [-0.39, 0.29) is 5.82 Å². The lowest BCUT2D eigenvalue weighted by atomic mass is 10.2. The number of hydrogen-bond acceptors (Lipinski definition) is 1. The number of fused-ring (bicyclic) bond motifs is 1. The van der Waals surface area contributed by atoms with E-state index in [1.807, 2.05) is 45.4 Å². The highest BCUT2D eigenvalue weighted by Crippen LogP contribution is 2.40. The Morgan fingerprint density at radius 1 is 1.16 bits per heavy atom. The van der Waals surface area contributed by atoms with Gasteiger partial charge in [-0.3, -0.25) is 0 Å². The Bertz CT molecular complexity index is 539. The van der Waals surface area contributed by atoms with Crippen LogP contribution in [0.15, 0.2) is 12.1 Å². The van der Waals surface area contributed by atoms with Crippen LogP contribution >= 0.6 is 0 Å². The van der Waals surface area contributed by atoms with Crippen molar-refractivity contribution in [3.8, 4) is 0 Å². The van der Waals surface area contributed by atoms with Gasteiger partial charge in [0, 0.05) is 19.0 Å². The van der Waals surface area contributed by atoms with E-state index in [2.05, 4.69) is 4.98 Å². The van der Waals surface area contributed by atoms with Gasteiger partial charge in [-0.05, 0) is 31.4 Å². The zero-order valence-electron chi connectivity index (χ0n) is 12.9. The predicted molar refractivity (Wildman–Crippen MR) is 80.1 cm³/mol. The Morgan fingerprint density at radius 2 is 1.74 bits per heavy atom. The normalized spacial score (nSPS) is 13.4. The van der Waals surface area contributed by atoms with Gasteiger partial charge in [-0.25, -0.2) is 9.37 Å². The van der Waals surface area contributed by atoms with Crippen molar-refractivity contribution in [1.82, 2.24) is 9.55 Å². The highest BCUT2D eigenvalue weighted by atomic mass is 19.1. The number of benzene rings is 1. The molecule has 2 aromatic rings. The maximum atomic E-state index is 13.4. The van der Waals surface area contributed by atoms with Gasteiger partial charge in [0.2, 0.25) is 0 Å². The number of aromatic nitrogens is 2. The first-order valence-electron chi connectivity index (χ1n) is 7.29. The molecule has 3 rings (SSSR count). The van der Waals surface area contributed by atoms with Gasteiger partial charge in [-0.15, -0.1) is 0 Å². The molecule has 1 saturated carbocycles. The molecular weight excluding hydrogens is 239 g/mol. The summed E-state index contributed by atoms with van der Waals surface area (Å²) in [5, 5.41) is 0. The van der Waals surface area contributed by atoms with E-state index in [1.54, 1.807) is 13.0 Å². The molecule has 1 heterocycles. The first kappa shape index (κ1) is 15.7. The third-order valence-electron chi connectivity index (χ3n) is 3.14. The van der Waals surface area contributed by atoms with E-state index in [1.165, 1.54) is 12.8 Å². The van der Waals surface area contributed by atoms with Crippen LogP contribution in [0.25, 0.3) is 11.0 Å². The summed E-state index contributed by atoms with van der Waals surface area (Å²) in [5.74, 6) is 1.56. The van der Waals surface area contributed by atoms with Crippen LogP contribution < -0.4 is 0 Å². The summed E-state index contributed by atoms with van der Waals surface area (Å²) in [6, 6.07) is 3.42. The Labute approximate surface area is 115 Å². The molecule has 0 atom stereocenters. The van der Waals surface area contributed by atoms with E-state index in [0.29, 0.717) is 11.5 Å². The number of rotatable bonds is 1. The van der Waals surface area contributed by atoms with Crippen molar-refractivity contribution in [2.24, 2.45) is 7.05 Å². The first-order valence-corrected chi connectivity index (χ1v) is 7.29. The van der Waals surface area contributed by atoms with E-state index in [0.717, 1.165) is 16.9 Å². The van der Waals surface area contributed by atoms with Gasteiger partial charge >= 0.3 is 0 Å². The summed E-state index contributed by atoms with van der Waals surface area (Å²) in [6.07, 6.45) is 2.44. The standard InChI is InChI=1S/C12H13FN2.2C2H6/c1-7-5-10-11(6-9(7)13)15(2)12(14-10)8-3-4-8;2*1-2/h5-6,8H,3-4H2,1-2H3;2*1-2H3. The number of hydrogen-bond donors (Lipinski definition) is 0. The molecule has 0 spiro atoms. The number of aryl methyl sites for hydroxylation is 2. The van der Waals surface area contributed by atoms with Crippen LogP contribution in [-0.2, 0) is 7.05 Å². The molecule has 1 aliphatic carbocycles. The van der Waals surface area contributed by atoms with Crippen molar-refractivity contribution in [2.75, 3.05) is 0 Å². The highest BCUT2D eigenvalue weighted by molar-refractivity contribution is 5.77. The molecule has 0 aliphatic heterocycles. The summed E-state index contributed by atoms with van der Waals surface area (Å²) >= 11 is 0. The van der Waals surface area contributed by atoms with Crippen LogP contribution in [0.5, 0.6) is 0 Å². The van der Waals surface area contributed by atoms with E-state index in [4.69, 9.17) is 0 Å². The minimum atomic E-state index is -0.146. The van der Waals surface area contributed by atoms with Gasteiger partial charge in [0.1, 0.15) is 11.6 Å². The molecule has 19 heavy (non-hydrogen) atoms.